The van der Waals surface area contributed by atoms with Crippen molar-refractivity contribution in [2.45, 2.75) is 18.8 Å². The lowest BCUT2D eigenvalue weighted by molar-refractivity contribution is 0.184. The van der Waals surface area contributed by atoms with Gasteiger partial charge in [0.05, 0.1) is 25.8 Å². The van der Waals surface area contributed by atoms with Gasteiger partial charge in [0, 0.05) is 18.7 Å². The molecule has 2 aromatic carbocycles. The average Bonchev–Trinajstić information content (AvgIpc) is 3.30. The summed E-state index contributed by atoms with van der Waals surface area (Å²) in [6.07, 6.45) is 1.75. The molecule has 1 aliphatic rings. The molecule has 1 N–H and O–H groups in total. The standard InChI is InChI=1S/C22H24N4O4/c1-28-17-9-5-7-15(13-17)20-24-21(30-25-20)16-8-6-12-26(14-16)22(27)23-18-10-3-4-11-19(18)29-2/h3-5,7,9-11,13,16H,6,8,12,14H2,1-2H3,(H,23,27). The van der Waals surface area contributed by atoms with Crippen LogP contribution in [0.3, 0.4) is 0 Å². The van der Waals surface area contributed by atoms with Gasteiger partial charge in [-0.05, 0) is 37.1 Å². The Morgan fingerprint density at radius 3 is 2.87 bits per heavy atom. The zero-order valence-electron chi connectivity index (χ0n) is 17.0. The van der Waals surface area contributed by atoms with Crippen LogP contribution in [0, 0.1) is 0 Å². The highest BCUT2D eigenvalue weighted by Crippen LogP contribution is 2.29. The van der Waals surface area contributed by atoms with E-state index in [1.807, 2.05) is 48.5 Å². The quantitative estimate of drug-likeness (QED) is 0.682. The van der Waals surface area contributed by atoms with Crippen LogP contribution in [-0.4, -0.2) is 48.4 Å². The van der Waals surface area contributed by atoms with Gasteiger partial charge in [-0.3, -0.25) is 0 Å². The second-order valence-corrected chi connectivity index (χ2v) is 7.10. The Kier molecular flexibility index (Phi) is 5.83. The van der Waals surface area contributed by atoms with Gasteiger partial charge in [0.2, 0.25) is 11.7 Å². The van der Waals surface area contributed by atoms with E-state index in [4.69, 9.17) is 14.0 Å². The summed E-state index contributed by atoms with van der Waals surface area (Å²) in [6.45, 7) is 1.19. The number of urea groups is 1. The Morgan fingerprint density at radius 2 is 2.03 bits per heavy atom. The number of piperidine rings is 1. The number of carbonyl (C=O) groups excluding carboxylic acids is 1. The second kappa shape index (κ2) is 8.86. The molecular formula is C22H24N4O4. The molecule has 0 spiro atoms. The van der Waals surface area contributed by atoms with Crippen LogP contribution in [0.1, 0.15) is 24.7 Å². The van der Waals surface area contributed by atoms with Gasteiger partial charge in [-0.1, -0.05) is 29.4 Å². The lowest BCUT2D eigenvalue weighted by Crippen LogP contribution is -2.41. The molecule has 0 aliphatic carbocycles. The Labute approximate surface area is 174 Å². The van der Waals surface area contributed by atoms with Gasteiger partial charge in [0.25, 0.3) is 0 Å². The number of amides is 2. The smallest absolute Gasteiger partial charge is 0.321 e. The number of aromatic nitrogens is 2. The van der Waals surface area contributed by atoms with Crippen LogP contribution in [0.2, 0.25) is 0 Å². The van der Waals surface area contributed by atoms with E-state index < -0.39 is 0 Å². The summed E-state index contributed by atoms with van der Waals surface area (Å²) in [4.78, 5) is 19.1. The fraction of sp³-hybridized carbons (Fsp3) is 0.318. The predicted octanol–water partition coefficient (Wildman–Crippen LogP) is 4.17. The molecule has 8 nitrogen and oxygen atoms in total. The van der Waals surface area contributed by atoms with E-state index in [0.29, 0.717) is 36.2 Å². The van der Waals surface area contributed by atoms with Gasteiger partial charge in [0.15, 0.2) is 0 Å². The minimum Gasteiger partial charge on any atom is -0.497 e. The fourth-order valence-electron chi connectivity index (χ4n) is 3.59. The molecule has 30 heavy (non-hydrogen) atoms. The van der Waals surface area contributed by atoms with Crippen LogP contribution in [-0.2, 0) is 0 Å². The zero-order valence-corrected chi connectivity index (χ0v) is 17.0. The third-order valence-corrected chi connectivity index (χ3v) is 5.18. The van der Waals surface area contributed by atoms with Crippen molar-refractivity contribution in [3.8, 4) is 22.9 Å². The van der Waals surface area contributed by atoms with Crippen molar-refractivity contribution in [1.29, 1.82) is 0 Å². The first-order valence-corrected chi connectivity index (χ1v) is 9.85. The van der Waals surface area contributed by atoms with Crippen molar-refractivity contribution >= 4 is 11.7 Å². The summed E-state index contributed by atoms with van der Waals surface area (Å²) in [5.41, 5.74) is 1.47. The maximum atomic E-state index is 12.8. The summed E-state index contributed by atoms with van der Waals surface area (Å²) >= 11 is 0. The molecule has 1 atom stereocenters. The molecule has 1 unspecified atom stereocenters. The lowest BCUT2D eigenvalue weighted by atomic mass is 9.98. The number of nitrogens with zero attached hydrogens (tertiary/aromatic N) is 3. The van der Waals surface area contributed by atoms with E-state index in [9.17, 15) is 4.79 Å². The zero-order chi connectivity index (χ0) is 20.9. The Morgan fingerprint density at radius 1 is 1.17 bits per heavy atom. The van der Waals surface area contributed by atoms with Crippen molar-refractivity contribution in [2.24, 2.45) is 0 Å². The molecule has 156 valence electrons. The number of nitrogens with one attached hydrogen (secondary N) is 1. The summed E-state index contributed by atoms with van der Waals surface area (Å²) in [5, 5.41) is 7.05. The van der Waals surface area contributed by atoms with E-state index in [1.165, 1.54) is 0 Å². The van der Waals surface area contributed by atoms with Gasteiger partial charge < -0.3 is 24.2 Å². The van der Waals surface area contributed by atoms with Crippen molar-refractivity contribution in [1.82, 2.24) is 15.0 Å². The Hall–Kier alpha value is -3.55. The van der Waals surface area contributed by atoms with Crippen molar-refractivity contribution in [2.75, 3.05) is 32.6 Å². The molecule has 0 saturated carbocycles. The Balaban J connectivity index is 1.45. The number of methoxy groups -OCH3 is 2. The van der Waals surface area contributed by atoms with Crippen LogP contribution in [0.4, 0.5) is 10.5 Å². The lowest BCUT2D eigenvalue weighted by Gasteiger charge is -2.31. The topological polar surface area (TPSA) is 89.7 Å². The highest BCUT2D eigenvalue weighted by atomic mass is 16.5. The first kappa shape index (κ1) is 19.8. The first-order chi connectivity index (χ1) is 14.7. The van der Waals surface area contributed by atoms with Crippen LogP contribution < -0.4 is 14.8 Å². The largest absolute Gasteiger partial charge is 0.497 e. The molecule has 0 bridgehead atoms. The Bertz CT molecular complexity index is 1020. The van der Waals surface area contributed by atoms with Crippen LogP contribution >= 0.6 is 0 Å². The molecule has 2 heterocycles. The van der Waals surface area contributed by atoms with Crippen LogP contribution in [0.15, 0.2) is 53.1 Å². The normalized spacial score (nSPS) is 16.2. The average molecular weight is 408 g/mol. The van der Waals surface area contributed by atoms with E-state index in [0.717, 1.165) is 24.2 Å². The number of rotatable bonds is 5. The number of hydrogen-bond donors (Lipinski definition) is 1. The van der Waals surface area contributed by atoms with Gasteiger partial charge in [-0.15, -0.1) is 0 Å². The van der Waals surface area contributed by atoms with Gasteiger partial charge in [0.1, 0.15) is 11.5 Å². The number of ether oxygens (including phenoxy) is 2. The predicted molar refractivity (Wildman–Crippen MR) is 112 cm³/mol. The summed E-state index contributed by atoms with van der Waals surface area (Å²) < 4.78 is 16.1. The van der Waals surface area contributed by atoms with Crippen molar-refractivity contribution in [3.05, 3.63) is 54.4 Å². The van der Waals surface area contributed by atoms with Crippen LogP contribution in [0.5, 0.6) is 11.5 Å². The summed E-state index contributed by atoms with van der Waals surface area (Å²) in [6, 6.07) is 14.7. The summed E-state index contributed by atoms with van der Waals surface area (Å²) in [5.74, 6) is 2.41. The molecule has 8 heteroatoms. The number of benzene rings is 2. The highest BCUT2D eigenvalue weighted by Gasteiger charge is 2.29. The maximum Gasteiger partial charge on any atom is 0.321 e. The minimum atomic E-state index is -0.170. The molecule has 2 amide bonds. The highest BCUT2D eigenvalue weighted by molar-refractivity contribution is 5.91. The van der Waals surface area contributed by atoms with Gasteiger partial charge in [-0.25, -0.2) is 4.79 Å². The minimum absolute atomic E-state index is 0.00553. The SMILES string of the molecule is COc1cccc(-c2noc(C3CCCN(C(=O)Nc4ccccc4OC)C3)n2)c1. The van der Waals surface area contributed by atoms with E-state index in [2.05, 4.69) is 15.5 Å². The fourth-order valence-corrected chi connectivity index (χ4v) is 3.59. The molecule has 1 fully saturated rings. The molecular weight excluding hydrogens is 384 g/mol. The number of anilines is 1. The van der Waals surface area contributed by atoms with Gasteiger partial charge in [-0.2, -0.15) is 4.98 Å². The van der Waals surface area contributed by atoms with Gasteiger partial charge >= 0.3 is 6.03 Å². The third-order valence-electron chi connectivity index (χ3n) is 5.18. The van der Waals surface area contributed by atoms with Crippen LogP contribution in [0.25, 0.3) is 11.4 Å². The number of para-hydroxylation sites is 2. The molecule has 0 radical (unpaired) electrons. The molecule has 1 saturated heterocycles. The second-order valence-electron chi connectivity index (χ2n) is 7.10. The number of hydrogen-bond acceptors (Lipinski definition) is 6. The molecule has 3 aromatic rings. The summed E-state index contributed by atoms with van der Waals surface area (Å²) in [7, 11) is 3.20. The molecule has 1 aromatic heterocycles. The molecule has 4 rings (SSSR count). The monoisotopic (exact) mass is 408 g/mol. The number of carbonyl (C=O) groups is 1. The van der Waals surface area contributed by atoms with E-state index in [-0.39, 0.29) is 11.9 Å². The maximum absolute atomic E-state index is 12.8. The first-order valence-electron chi connectivity index (χ1n) is 9.85. The van der Waals surface area contributed by atoms with E-state index >= 15 is 0 Å². The van der Waals surface area contributed by atoms with E-state index in [1.54, 1.807) is 19.1 Å². The van der Waals surface area contributed by atoms with Crippen molar-refractivity contribution in [3.63, 3.8) is 0 Å². The number of likely N-dealkylation sites (tertiary alicyclic amines) is 1. The molecule has 1 aliphatic heterocycles. The third kappa shape index (κ3) is 4.22. The van der Waals surface area contributed by atoms with Crippen molar-refractivity contribution < 1.29 is 18.8 Å².